The van der Waals surface area contributed by atoms with Crippen LogP contribution in [0.4, 0.5) is 4.79 Å². The average molecular weight is 308 g/mol. The molecule has 1 aromatic carbocycles. The lowest BCUT2D eigenvalue weighted by atomic mass is 10.1. The molecule has 0 saturated heterocycles. The van der Waals surface area contributed by atoms with E-state index in [0.717, 1.165) is 30.8 Å². The van der Waals surface area contributed by atoms with Crippen LogP contribution in [0.1, 0.15) is 18.4 Å². The van der Waals surface area contributed by atoms with Crippen LogP contribution in [0.15, 0.2) is 18.2 Å². The Hall–Kier alpha value is -1.95. The van der Waals surface area contributed by atoms with Gasteiger partial charge >= 0.3 is 6.03 Å². The molecule has 0 fully saturated rings. The predicted octanol–water partition coefficient (Wildman–Crippen LogP) is 1.73. The van der Waals surface area contributed by atoms with Crippen LogP contribution in [-0.4, -0.2) is 46.1 Å². The Bertz CT molecular complexity index is 479. The van der Waals surface area contributed by atoms with Gasteiger partial charge in [-0.1, -0.05) is 6.07 Å². The van der Waals surface area contributed by atoms with Gasteiger partial charge in [0.15, 0.2) is 11.5 Å². The number of unbranched alkanes of at least 4 members (excludes halogenated alkanes) is 1. The number of methoxy groups -OCH3 is 1. The number of urea groups is 1. The number of amides is 2. The third-order valence-corrected chi connectivity index (χ3v) is 3.38. The molecule has 2 rings (SSSR count). The molecule has 6 heteroatoms. The van der Waals surface area contributed by atoms with Gasteiger partial charge in [-0.3, -0.25) is 0 Å². The highest BCUT2D eigenvalue weighted by Gasteiger charge is 2.11. The molecule has 1 aliphatic rings. The molecular weight excluding hydrogens is 284 g/mol. The topological polar surface area (TPSA) is 68.8 Å². The van der Waals surface area contributed by atoms with Crippen molar-refractivity contribution in [2.24, 2.45) is 0 Å². The Balaban J connectivity index is 1.60. The van der Waals surface area contributed by atoms with Crippen LogP contribution in [0.25, 0.3) is 0 Å². The van der Waals surface area contributed by atoms with Gasteiger partial charge in [0.05, 0.1) is 6.61 Å². The average Bonchev–Trinajstić information content (AvgIpc) is 2.54. The van der Waals surface area contributed by atoms with Gasteiger partial charge in [0, 0.05) is 20.2 Å². The SMILES string of the molecule is COCCNC(=O)NCCCCc1ccc2c(c1)OCCO2. The van der Waals surface area contributed by atoms with Crippen LogP contribution in [0, 0.1) is 0 Å². The normalized spacial score (nSPS) is 12.8. The summed E-state index contributed by atoms with van der Waals surface area (Å²) in [5.41, 5.74) is 1.23. The Kier molecular flexibility index (Phi) is 6.83. The molecule has 0 saturated carbocycles. The molecule has 0 atom stereocenters. The molecule has 6 nitrogen and oxygen atoms in total. The van der Waals surface area contributed by atoms with Crippen molar-refractivity contribution in [1.29, 1.82) is 0 Å². The van der Waals surface area contributed by atoms with E-state index in [1.54, 1.807) is 7.11 Å². The van der Waals surface area contributed by atoms with Gasteiger partial charge in [-0.25, -0.2) is 4.79 Å². The van der Waals surface area contributed by atoms with Gasteiger partial charge in [-0.15, -0.1) is 0 Å². The first kappa shape index (κ1) is 16.4. The summed E-state index contributed by atoms with van der Waals surface area (Å²) in [7, 11) is 1.61. The van der Waals surface area contributed by atoms with E-state index in [-0.39, 0.29) is 6.03 Å². The van der Waals surface area contributed by atoms with E-state index in [1.807, 2.05) is 12.1 Å². The molecule has 1 heterocycles. The molecule has 22 heavy (non-hydrogen) atoms. The minimum absolute atomic E-state index is 0.142. The molecular formula is C16H24N2O4. The van der Waals surface area contributed by atoms with Crippen LogP contribution in [0.5, 0.6) is 11.5 Å². The number of hydrogen-bond acceptors (Lipinski definition) is 4. The van der Waals surface area contributed by atoms with Gasteiger partial charge in [0.25, 0.3) is 0 Å². The highest BCUT2D eigenvalue weighted by Crippen LogP contribution is 2.31. The lowest BCUT2D eigenvalue weighted by Gasteiger charge is -2.18. The first-order valence-electron chi connectivity index (χ1n) is 7.69. The molecule has 0 bridgehead atoms. The smallest absolute Gasteiger partial charge is 0.314 e. The summed E-state index contributed by atoms with van der Waals surface area (Å²) in [6.45, 7) is 2.95. The van der Waals surface area contributed by atoms with Crippen LogP contribution < -0.4 is 20.1 Å². The largest absolute Gasteiger partial charge is 0.486 e. The van der Waals surface area contributed by atoms with Crippen molar-refractivity contribution in [3.8, 4) is 11.5 Å². The van der Waals surface area contributed by atoms with Crippen molar-refractivity contribution >= 4 is 6.03 Å². The zero-order valence-corrected chi connectivity index (χ0v) is 13.0. The number of benzene rings is 1. The summed E-state index contributed by atoms with van der Waals surface area (Å²) in [5.74, 6) is 1.66. The third-order valence-electron chi connectivity index (χ3n) is 3.38. The summed E-state index contributed by atoms with van der Waals surface area (Å²) in [6.07, 6.45) is 2.91. The minimum atomic E-state index is -0.142. The fourth-order valence-electron chi connectivity index (χ4n) is 2.23. The van der Waals surface area contributed by atoms with Crippen molar-refractivity contribution in [3.63, 3.8) is 0 Å². The maximum atomic E-state index is 11.4. The number of ether oxygens (including phenoxy) is 3. The van der Waals surface area contributed by atoms with E-state index in [4.69, 9.17) is 14.2 Å². The number of rotatable bonds is 8. The van der Waals surface area contributed by atoms with Crippen molar-refractivity contribution in [3.05, 3.63) is 23.8 Å². The van der Waals surface area contributed by atoms with E-state index in [1.165, 1.54) is 5.56 Å². The van der Waals surface area contributed by atoms with Crippen molar-refractivity contribution < 1.29 is 19.0 Å². The molecule has 0 spiro atoms. The molecule has 0 aliphatic carbocycles. The highest BCUT2D eigenvalue weighted by atomic mass is 16.6. The molecule has 122 valence electrons. The molecule has 0 aromatic heterocycles. The molecule has 0 unspecified atom stereocenters. The van der Waals surface area contributed by atoms with Gasteiger partial charge in [-0.05, 0) is 37.0 Å². The number of aryl methyl sites for hydroxylation is 1. The summed E-state index contributed by atoms with van der Waals surface area (Å²) in [5, 5.41) is 5.55. The second-order valence-electron chi connectivity index (χ2n) is 5.11. The van der Waals surface area contributed by atoms with Crippen molar-refractivity contribution in [2.45, 2.75) is 19.3 Å². The Labute approximate surface area is 131 Å². The first-order valence-corrected chi connectivity index (χ1v) is 7.69. The quantitative estimate of drug-likeness (QED) is 0.718. The number of carbonyl (C=O) groups excluding carboxylic acids is 1. The molecule has 2 amide bonds. The second kappa shape index (κ2) is 9.15. The first-order chi connectivity index (χ1) is 10.8. The number of hydrogen-bond donors (Lipinski definition) is 2. The van der Waals surface area contributed by atoms with Crippen LogP contribution in [0.3, 0.4) is 0 Å². The number of fused-ring (bicyclic) bond motifs is 1. The number of carbonyl (C=O) groups is 1. The van der Waals surface area contributed by atoms with Gasteiger partial charge in [-0.2, -0.15) is 0 Å². The van der Waals surface area contributed by atoms with E-state index < -0.39 is 0 Å². The van der Waals surface area contributed by atoms with E-state index >= 15 is 0 Å². The fourth-order valence-corrected chi connectivity index (χ4v) is 2.23. The Morgan fingerprint density at radius 3 is 2.73 bits per heavy atom. The maximum absolute atomic E-state index is 11.4. The summed E-state index contributed by atoms with van der Waals surface area (Å²) in [4.78, 5) is 11.4. The van der Waals surface area contributed by atoms with Crippen LogP contribution in [-0.2, 0) is 11.2 Å². The van der Waals surface area contributed by atoms with E-state index in [0.29, 0.717) is 32.9 Å². The van der Waals surface area contributed by atoms with Crippen LogP contribution in [0.2, 0.25) is 0 Å². The molecule has 0 radical (unpaired) electrons. The highest BCUT2D eigenvalue weighted by molar-refractivity contribution is 5.73. The molecule has 1 aliphatic heterocycles. The minimum Gasteiger partial charge on any atom is -0.486 e. The van der Waals surface area contributed by atoms with E-state index in [2.05, 4.69) is 16.7 Å². The standard InChI is InChI=1S/C16H24N2O4/c1-20-9-8-18-16(19)17-7-3-2-4-13-5-6-14-15(12-13)22-11-10-21-14/h5-6,12H,2-4,7-11H2,1H3,(H2,17,18,19). The van der Waals surface area contributed by atoms with Gasteiger partial charge in [0.1, 0.15) is 13.2 Å². The number of nitrogens with one attached hydrogen (secondary N) is 2. The Morgan fingerprint density at radius 2 is 1.91 bits per heavy atom. The maximum Gasteiger partial charge on any atom is 0.314 e. The second-order valence-corrected chi connectivity index (χ2v) is 5.11. The van der Waals surface area contributed by atoms with Crippen LogP contribution >= 0.6 is 0 Å². The predicted molar refractivity (Wildman–Crippen MR) is 83.6 cm³/mol. The summed E-state index contributed by atoms with van der Waals surface area (Å²) >= 11 is 0. The van der Waals surface area contributed by atoms with Gasteiger partial charge in [0.2, 0.25) is 0 Å². The summed E-state index contributed by atoms with van der Waals surface area (Å²) in [6, 6.07) is 5.93. The lowest BCUT2D eigenvalue weighted by molar-refractivity contribution is 0.171. The van der Waals surface area contributed by atoms with Gasteiger partial charge < -0.3 is 24.8 Å². The fraction of sp³-hybridized carbons (Fsp3) is 0.562. The zero-order chi connectivity index (χ0) is 15.6. The van der Waals surface area contributed by atoms with Crippen molar-refractivity contribution in [1.82, 2.24) is 10.6 Å². The molecule has 2 N–H and O–H groups in total. The summed E-state index contributed by atoms with van der Waals surface area (Å²) < 4.78 is 15.9. The lowest BCUT2D eigenvalue weighted by Crippen LogP contribution is -2.37. The van der Waals surface area contributed by atoms with E-state index in [9.17, 15) is 4.79 Å². The Morgan fingerprint density at radius 1 is 1.14 bits per heavy atom. The zero-order valence-electron chi connectivity index (χ0n) is 13.0. The third kappa shape index (κ3) is 5.44. The monoisotopic (exact) mass is 308 g/mol. The van der Waals surface area contributed by atoms with Crippen molar-refractivity contribution in [2.75, 3.05) is 40.0 Å². The molecule has 1 aromatic rings.